The molecule has 102 valence electrons. The van der Waals surface area contributed by atoms with E-state index < -0.39 is 5.60 Å². The number of aromatic nitrogens is 2. The molecule has 0 fully saturated rings. The van der Waals surface area contributed by atoms with Gasteiger partial charge >= 0.3 is 0 Å². The maximum absolute atomic E-state index is 13.7. The Morgan fingerprint density at radius 3 is 2.84 bits per heavy atom. The van der Waals surface area contributed by atoms with Gasteiger partial charge in [-0.05, 0) is 32.0 Å². The van der Waals surface area contributed by atoms with Crippen LogP contribution in [-0.4, -0.2) is 27.4 Å². The molecule has 2 aromatic rings. The Morgan fingerprint density at radius 2 is 2.16 bits per heavy atom. The van der Waals surface area contributed by atoms with Gasteiger partial charge in [-0.25, -0.2) is 4.39 Å². The van der Waals surface area contributed by atoms with Gasteiger partial charge in [0.15, 0.2) is 5.01 Å². The molecular weight excluding hydrogens is 333 g/mol. The van der Waals surface area contributed by atoms with Gasteiger partial charge in [0.25, 0.3) is 0 Å². The first-order valence-corrected chi connectivity index (χ1v) is 7.21. The quantitative estimate of drug-likeness (QED) is 0.892. The molecule has 0 aliphatic carbocycles. The van der Waals surface area contributed by atoms with Gasteiger partial charge in [-0.1, -0.05) is 27.3 Å². The summed E-state index contributed by atoms with van der Waals surface area (Å²) in [4.78, 5) is 0. The number of hydrogen-bond donors (Lipinski definition) is 2. The number of aliphatic hydroxyl groups is 1. The van der Waals surface area contributed by atoms with E-state index >= 15 is 0 Å². The Hall–Kier alpha value is -1.05. The third-order valence-corrected chi connectivity index (χ3v) is 3.66. The summed E-state index contributed by atoms with van der Waals surface area (Å²) in [7, 11) is 0. The Bertz CT molecular complexity index is 583. The van der Waals surface area contributed by atoms with Crippen molar-refractivity contribution in [3.63, 3.8) is 0 Å². The zero-order chi connectivity index (χ0) is 14.0. The van der Waals surface area contributed by atoms with Gasteiger partial charge in [0.05, 0.1) is 5.60 Å². The minimum Gasteiger partial charge on any atom is -0.389 e. The monoisotopic (exact) mass is 345 g/mol. The molecule has 0 radical (unpaired) electrons. The number of hydrogen-bond acceptors (Lipinski definition) is 5. The van der Waals surface area contributed by atoms with E-state index in [9.17, 15) is 9.50 Å². The molecule has 7 heteroatoms. The van der Waals surface area contributed by atoms with Crippen LogP contribution >= 0.6 is 27.3 Å². The van der Waals surface area contributed by atoms with Crippen LogP contribution < -0.4 is 5.32 Å². The Balaban J connectivity index is 2.19. The smallest absolute Gasteiger partial charge is 0.206 e. The SMILES string of the molecule is CC(C)(O)CNc1nnc(-c2cc(Br)ccc2F)s1. The van der Waals surface area contributed by atoms with E-state index in [1.54, 1.807) is 26.0 Å². The molecular formula is C12H13BrFN3OS. The normalized spacial score (nSPS) is 11.6. The zero-order valence-corrected chi connectivity index (χ0v) is 12.8. The minimum absolute atomic E-state index is 0.339. The molecule has 1 aromatic carbocycles. The van der Waals surface area contributed by atoms with Crippen LogP contribution in [0.4, 0.5) is 9.52 Å². The van der Waals surface area contributed by atoms with Crippen molar-refractivity contribution in [2.45, 2.75) is 19.4 Å². The standard InChI is InChI=1S/C12H13BrFN3OS/c1-12(2,18)6-15-11-17-16-10(19-11)8-5-7(13)3-4-9(8)14/h3-5,18H,6H2,1-2H3,(H,15,17). The van der Waals surface area contributed by atoms with Crippen LogP contribution in [0.5, 0.6) is 0 Å². The van der Waals surface area contributed by atoms with E-state index in [0.29, 0.717) is 22.2 Å². The van der Waals surface area contributed by atoms with Crippen molar-refractivity contribution < 1.29 is 9.50 Å². The molecule has 0 aliphatic heterocycles. The van der Waals surface area contributed by atoms with Crippen molar-refractivity contribution >= 4 is 32.4 Å². The van der Waals surface area contributed by atoms with E-state index in [-0.39, 0.29) is 5.82 Å². The van der Waals surface area contributed by atoms with Crippen molar-refractivity contribution in [1.82, 2.24) is 10.2 Å². The summed E-state index contributed by atoms with van der Waals surface area (Å²) in [5.41, 5.74) is -0.435. The summed E-state index contributed by atoms with van der Waals surface area (Å²) in [6.07, 6.45) is 0. The lowest BCUT2D eigenvalue weighted by Gasteiger charge is -2.16. The second-order valence-corrected chi connectivity index (χ2v) is 6.60. The van der Waals surface area contributed by atoms with Crippen molar-refractivity contribution in [3.05, 3.63) is 28.5 Å². The Morgan fingerprint density at radius 1 is 1.42 bits per heavy atom. The molecule has 0 spiro atoms. The first kappa shape index (κ1) is 14.4. The van der Waals surface area contributed by atoms with Gasteiger partial charge in [0.1, 0.15) is 5.82 Å². The molecule has 0 saturated carbocycles. The molecule has 1 aromatic heterocycles. The van der Waals surface area contributed by atoms with E-state index in [2.05, 4.69) is 31.4 Å². The largest absolute Gasteiger partial charge is 0.389 e. The molecule has 0 amide bonds. The van der Waals surface area contributed by atoms with E-state index in [0.717, 1.165) is 4.47 Å². The Kier molecular flexibility index (Phi) is 4.17. The average Bonchev–Trinajstić information content (AvgIpc) is 2.77. The number of benzene rings is 1. The van der Waals surface area contributed by atoms with Gasteiger partial charge < -0.3 is 10.4 Å². The van der Waals surface area contributed by atoms with Crippen molar-refractivity contribution in [3.8, 4) is 10.6 Å². The summed E-state index contributed by atoms with van der Waals surface area (Å²) >= 11 is 4.54. The van der Waals surface area contributed by atoms with Crippen LogP contribution in [0.3, 0.4) is 0 Å². The number of anilines is 1. The molecule has 0 atom stereocenters. The fraction of sp³-hybridized carbons (Fsp3) is 0.333. The number of rotatable bonds is 4. The van der Waals surface area contributed by atoms with Crippen molar-refractivity contribution in [1.29, 1.82) is 0 Å². The molecule has 0 bridgehead atoms. The molecule has 2 rings (SSSR count). The highest BCUT2D eigenvalue weighted by atomic mass is 79.9. The molecule has 0 unspecified atom stereocenters. The molecule has 0 aliphatic rings. The summed E-state index contributed by atoms with van der Waals surface area (Å²) in [6.45, 7) is 3.73. The lowest BCUT2D eigenvalue weighted by molar-refractivity contribution is 0.0945. The predicted octanol–water partition coefficient (Wildman–Crippen LogP) is 3.29. The summed E-state index contributed by atoms with van der Waals surface area (Å²) in [5.74, 6) is -0.339. The number of nitrogens with zero attached hydrogens (tertiary/aromatic N) is 2. The van der Waals surface area contributed by atoms with Crippen LogP contribution in [0.2, 0.25) is 0 Å². The van der Waals surface area contributed by atoms with Crippen LogP contribution in [0.15, 0.2) is 22.7 Å². The van der Waals surface area contributed by atoms with Gasteiger partial charge in [0.2, 0.25) is 5.13 Å². The van der Waals surface area contributed by atoms with Gasteiger partial charge in [0, 0.05) is 16.6 Å². The molecule has 4 nitrogen and oxygen atoms in total. The maximum Gasteiger partial charge on any atom is 0.206 e. The maximum atomic E-state index is 13.7. The second kappa shape index (κ2) is 5.52. The molecule has 1 heterocycles. The third-order valence-electron chi connectivity index (χ3n) is 2.26. The van der Waals surface area contributed by atoms with Crippen LogP contribution in [-0.2, 0) is 0 Å². The highest BCUT2D eigenvalue weighted by molar-refractivity contribution is 9.10. The third kappa shape index (κ3) is 3.95. The number of halogens is 2. The van der Waals surface area contributed by atoms with Crippen molar-refractivity contribution in [2.75, 3.05) is 11.9 Å². The fourth-order valence-electron chi connectivity index (χ4n) is 1.36. The lowest BCUT2D eigenvalue weighted by Crippen LogP contribution is -2.29. The topological polar surface area (TPSA) is 58.0 Å². The highest BCUT2D eigenvalue weighted by Gasteiger charge is 2.15. The van der Waals surface area contributed by atoms with E-state index in [1.807, 2.05) is 0 Å². The van der Waals surface area contributed by atoms with Crippen LogP contribution in [0, 0.1) is 5.82 Å². The van der Waals surface area contributed by atoms with Gasteiger partial charge in [-0.15, -0.1) is 10.2 Å². The van der Waals surface area contributed by atoms with Crippen LogP contribution in [0.25, 0.3) is 10.6 Å². The summed E-state index contributed by atoms with van der Waals surface area (Å²) in [5, 5.41) is 21.5. The first-order valence-electron chi connectivity index (χ1n) is 5.60. The average molecular weight is 346 g/mol. The van der Waals surface area contributed by atoms with Gasteiger partial charge in [-0.2, -0.15) is 0 Å². The molecule has 0 saturated heterocycles. The zero-order valence-electron chi connectivity index (χ0n) is 10.4. The Labute approximate surface area is 122 Å². The lowest BCUT2D eigenvalue weighted by atomic mass is 10.1. The highest BCUT2D eigenvalue weighted by Crippen LogP contribution is 2.30. The van der Waals surface area contributed by atoms with E-state index in [1.165, 1.54) is 17.4 Å². The predicted molar refractivity (Wildman–Crippen MR) is 77.8 cm³/mol. The van der Waals surface area contributed by atoms with Gasteiger partial charge in [-0.3, -0.25) is 0 Å². The number of nitrogens with one attached hydrogen (secondary N) is 1. The molecule has 2 N–H and O–H groups in total. The van der Waals surface area contributed by atoms with Crippen LogP contribution in [0.1, 0.15) is 13.8 Å². The second-order valence-electron chi connectivity index (χ2n) is 4.70. The fourth-order valence-corrected chi connectivity index (χ4v) is 2.48. The summed E-state index contributed by atoms with van der Waals surface area (Å²) < 4.78 is 14.5. The van der Waals surface area contributed by atoms with Crippen molar-refractivity contribution in [2.24, 2.45) is 0 Å². The molecule has 19 heavy (non-hydrogen) atoms. The van der Waals surface area contributed by atoms with E-state index in [4.69, 9.17) is 0 Å². The first-order chi connectivity index (χ1) is 8.85. The minimum atomic E-state index is -0.840. The summed E-state index contributed by atoms with van der Waals surface area (Å²) in [6, 6.07) is 4.67.